The van der Waals surface area contributed by atoms with Crippen LogP contribution in [0.3, 0.4) is 0 Å². The quantitative estimate of drug-likeness (QED) is 0.612. The second-order valence-corrected chi connectivity index (χ2v) is 5.23. The van der Waals surface area contributed by atoms with Gasteiger partial charge in [0.2, 0.25) is 5.91 Å². The fraction of sp³-hybridized carbons (Fsp3) is 0.917. The SMILES string of the molecule is CN1CCCCC1CNC(=O)C1CC(O)CN1. The Kier molecular flexibility index (Phi) is 4.36. The number of carbonyl (C=O) groups excluding carboxylic acids is 1. The molecule has 5 nitrogen and oxygen atoms in total. The van der Waals surface area contributed by atoms with Crippen molar-refractivity contribution in [2.45, 2.75) is 43.9 Å². The molecule has 3 N–H and O–H groups in total. The number of hydrogen-bond donors (Lipinski definition) is 3. The number of nitrogens with one attached hydrogen (secondary N) is 2. The average Bonchev–Trinajstić information content (AvgIpc) is 2.74. The lowest BCUT2D eigenvalue weighted by atomic mass is 10.0. The van der Waals surface area contributed by atoms with Gasteiger partial charge >= 0.3 is 0 Å². The predicted molar refractivity (Wildman–Crippen MR) is 65.7 cm³/mol. The highest BCUT2D eigenvalue weighted by atomic mass is 16.3. The molecule has 2 rings (SSSR count). The van der Waals surface area contributed by atoms with Gasteiger partial charge < -0.3 is 20.6 Å². The number of likely N-dealkylation sites (N-methyl/N-ethyl adjacent to an activating group) is 1. The van der Waals surface area contributed by atoms with Crippen molar-refractivity contribution in [3.8, 4) is 0 Å². The molecule has 0 spiro atoms. The first-order valence-corrected chi connectivity index (χ1v) is 6.56. The van der Waals surface area contributed by atoms with Gasteiger partial charge in [0.15, 0.2) is 0 Å². The van der Waals surface area contributed by atoms with Gasteiger partial charge in [-0.15, -0.1) is 0 Å². The van der Waals surface area contributed by atoms with Crippen molar-refractivity contribution in [2.75, 3.05) is 26.7 Å². The second-order valence-electron chi connectivity index (χ2n) is 5.23. The summed E-state index contributed by atoms with van der Waals surface area (Å²) in [4.78, 5) is 14.2. The van der Waals surface area contributed by atoms with Crippen LogP contribution in [0, 0.1) is 0 Å². The summed E-state index contributed by atoms with van der Waals surface area (Å²) in [6.45, 7) is 2.38. The number of aliphatic hydroxyl groups is 1. The maximum Gasteiger partial charge on any atom is 0.237 e. The van der Waals surface area contributed by atoms with Gasteiger partial charge in [0.25, 0.3) is 0 Å². The Hall–Kier alpha value is -0.650. The third-order valence-electron chi connectivity index (χ3n) is 3.86. The van der Waals surface area contributed by atoms with Crippen LogP contribution in [0.5, 0.6) is 0 Å². The summed E-state index contributed by atoms with van der Waals surface area (Å²) in [6, 6.07) is 0.262. The first-order valence-electron chi connectivity index (χ1n) is 6.56. The van der Waals surface area contributed by atoms with Crippen LogP contribution in [0.4, 0.5) is 0 Å². The molecule has 0 aromatic heterocycles. The molecule has 0 aromatic carbocycles. The maximum atomic E-state index is 11.8. The Labute approximate surface area is 103 Å². The molecule has 3 atom stereocenters. The molecule has 0 saturated carbocycles. The number of likely N-dealkylation sites (tertiary alicyclic amines) is 1. The van der Waals surface area contributed by atoms with Crippen LogP contribution in [0.1, 0.15) is 25.7 Å². The number of β-amino-alcohol motifs (C(OH)–C–C–N with tert-alkyl or cyclic N) is 1. The lowest BCUT2D eigenvalue weighted by Gasteiger charge is -2.32. The van der Waals surface area contributed by atoms with Crippen molar-refractivity contribution in [1.29, 1.82) is 0 Å². The average molecular weight is 241 g/mol. The van der Waals surface area contributed by atoms with E-state index in [0.29, 0.717) is 19.0 Å². The van der Waals surface area contributed by atoms with Crippen LogP contribution in [-0.2, 0) is 4.79 Å². The van der Waals surface area contributed by atoms with Crippen LogP contribution in [-0.4, -0.2) is 60.8 Å². The highest BCUT2D eigenvalue weighted by molar-refractivity contribution is 5.82. The van der Waals surface area contributed by atoms with Gasteiger partial charge in [-0.25, -0.2) is 0 Å². The number of hydrogen-bond acceptors (Lipinski definition) is 4. The second kappa shape index (κ2) is 5.80. The summed E-state index contributed by atoms with van der Waals surface area (Å²) in [5.41, 5.74) is 0. The standard InChI is InChI=1S/C12H23N3O2/c1-15-5-3-2-4-9(15)7-14-12(17)11-6-10(16)8-13-11/h9-11,13,16H,2-8H2,1H3,(H,14,17). The highest BCUT2D eigenvalue weighted by Crippen LogP contribution is 2.14. The van der Waals surface area contributed by atoms with Crippen LogP contribution < -0.4 is 10.6 Å². The zero-order chi connectivity index (χ0) is 12.3. The van der Waals surface area contributed by atoms with Crippen LogP contribution in [0.15, 0.2) is 0 Å². The van der Waals surface area contributed by atoms with Crippen LogP contribution in [0.2, 0.25) is 0 Å². The number of carbonyl (C=O) groups is 1. The Morgan fingerprint density at radius 2 is 2.35 bits per heavy atom. The topological polar surface area (TPSA) is 64.6 Å². The first-order chi connectivity index (χ1) is 8.16. The van der Waals surface area contributed by atoms with Gasteiger partial charge in [-0.05, 0) is 32.9 Å². The molecule has 5 heteroatoms. The number of amides is 1. The molecule has 0 aliphatic carbocycles. The van der Waals surface area contributed by atoms with E-state index in [4.69, 9.17) is 0 Å². The first kappa shape index (κ1) is 12.8. The lowest BCUT2D eigenvalue weighted by Crippen LogP contribution is -2.48. The third-order valence-corrected chi connectivity index (χ3v) is 3.86. The third kappa shape index (κ3) is 3.40. The smallest absolute Gasteiger partial charge is 0.237 e. The van der Waals surface area contributed by atoms with Crippen molar-refractivity contribution < 1.29 is 9.90 Å². The molecule has 2 heterocycles. The largest absolute Gasteiger partial charge is 0.392 e. The normalized spacial score (nSPS) is 34.8. The van der Waals surface area contributed by atoms with Gasteiger partial charge in [-0.2, -0.15) is 0 Å². The molecule has 2 aliphatic rings. The minimum Gasteiger partial charge on any atom is -0.392 e. The minimum absolute atomic E-state index is 0.0283. The molecule has 3 unspecified atom stereocenters. The fourth-order valence-corrected chi connectivity index (χ4v) is 2.66. The fourth-order valence-electron chi connectivity index (χ4n) is 2.66. The van der Waals surface area contributed by atoms with Gasteiger partial charge in [0.05, 0.1) is 12.1 Å². The van der Waals surface area contributed by atoms with Crippen molar-refractivity contribution in [3.63, 3.8) is 0 Å². The van der Waals surface area contributed by atoms with E-state index >= 15 is 0 Å². The van der Waals surface area contributed by atoms with Gasteiger partial charge in [0.1, 0.15) is 0 Å². The molecule has 2 aliphatic heterocycles. The Bertz CT molecular complexity index is 272. The maximum absolute atomic E-state index is 11.8. The van der Waals surface area contributed by atoms with E-state index in [0.717, 1.165) is 19.5 Å². The van der Waals surface area contributed by atoms with E-state index < -0.39 is 0 Å². The molecule has 0 aromatic rings. The lowest BCUT2D eigenvalue weighted by molar-refractivity contribution is -0.123. The minimum atomic E-state index is -0.372. The summed E-state index contributed by atoms with van der Waals surface area (Å²) >= 11 is 0. The van der Waals surface area contributed by atoms with Crippen molar-refractivity contribution >= 4 is 5.91 Å². The molecule has 1 amide bonds. The van der Waals surface area contributed by atoms with Crippen LogP contribution >= 0.6 is 0 Å². The predicted octanol–water partition coefficient (Wildman–Crippen LogP) is -0.690. The van der Waals surface area contributed by atoms with Gasteiger partial charge in [0, 0.05) is 19.1 Å². The number of piperidine rings is 1. The van der Waals surface area contributed by atoms with E-state index in [9.17, 15) is 9.90 Å². The van der Waals surface area contributed by atoms with E-state index in [1.165, 1.54) is 12.8 Å². The Morgan fingerprint density at radius 1 is 1.53 bits per heavy atom. The molecule has 98 valence electrons. The zero-order valence-corrected chi connectivity index (χ0v) is 10.5. The summed E-state index contributed by atoms with van der Waals surface area (Å²) < 4.78 is 0. The number of aliphatic hydroxyl groups excluding tert-OH is 1. The van der Waals surface area contributed by atoms with E-state index in [1.807, 2.05) is 0 Å². The number of nitrogens with zero attached hydrogens (tertiary/aromatic N) is 1. The molecule has 17 heavy (non-hydrogen) atoms. The van der Waals surface area contributed by atoms with Crippen molar-refractivity contribution in [2.24, 2.45) is 0 Å². The molecule has 0 radical (unpaired) electrons. The van der Waals surface area contributed by atoms with Crippen molar-refractivity contribution in [1.82, 2.24) is 15.5 Å². The van der Waals surface area contributed by atoms with Crippen molar-refractivity contribution in [3.05, 3.63) is 0 Å². The van der Waals surface area contributed by atoms with E-state index in [1.54, 1.807) is 0 Å². The summed E-state index contributed by atoms with van der Waals surface area (Å²) in [7, 11) is 2.12. The molecule has 2 saturated heterocycles. The molecule has 0 bridgehead atoms. The van der Waals surface area contributed by atoms with E-state index in [2.05, 4.69) is 22.6 Å². The molecular formula is C12H23N3O2. The number of rotatable bonds is 3. The monoisotopic (exact) mass is 241 g/mol. The highest BCUT2D eigenvalue weighted by Gasteiger charge is 2.28. The van der Waals surface area contributed by atoms with Gasteiger partial charge in [-0.1, -0.05) is 6.42 Å². The molecular weight excluding hydrogens is 218 g/mol. The van der Waals surface area contributed by atoms with E-state index in [-0.39, 0.29) is 18.1 Å². The van der Waals surface area contributed by atoms with Gasteiger partial charge in [-0.3, -0.25) is 4.79 Å². The summed E-state index contributed by atoms with van der Waals surface area (Å²) in [5.74, 6) is 0.0283. The summed E-state index contributed by atoms with van der Waals surface area (Å²) in [5, 5.41) is 15.4. The summed E-state index contributed by atoms with van der Waals surface area (Å²) in [6.07, 6.45) is 3.84. The van der Waals surface area contributed by atoms with Crippen LogP contribution in [0.25, 0.3) is 0 Å². The zero-order valence-electron chi connectivity index (χ0n) is 10.5. The Balaban J connectivity index is 1.72. The molecule has 2 fully saturated rings. The Morgan fingerprint density at radius 3 is 3.00 bits per heavy atom.